The average Bonchev–Trinajstić information content (AvgIpc) is 2.99. The summed E-state index contributed by atoms with van der Waals surface area (Å²) in [6.45, 7) is 0. The number of halogens is 2. The Hall–Kier alpha value is -2.67. The Balaban J connectivity index is 1.53. The second-order valence-corrected chi connectivity index (χ2v) is 6.41. The van der Waals surface area contributed by atoms with E-state index in [0.29, 0.717) is 10.0 Å². The first-order valence-electron chi connectivity index (χ1n) is 7.59. The zero-order chi connectivity index (χ0) is 17.8. The van der Waals surface area contributed by atoms with Crippen LogP contribution in [-0.4, -0.2) is 16.8 Å². The van der Waals surface area contributed by atoms with Crippen LogP contribution in [0.4, 0.5) is 4.39 Å². The maximum atomic E-state index is 13.2. The largest absolute Gasteiger partial charge is 0.361 e. The standard InChI is InChI=1S/C18H15BrFN3O2/c19-14-7-11(5-6-15(14)20)8-17(24)22-23-18(25)9-12-10-21-16-4-2-1-3-13(12)16/h1-7,10,21H,8-9H2,(H,22,24)(H,23,25). The van der Waals surface area contributed by atoms with Crippen molar-refractivity contribution in [3.05, 3.63) is 70.1 Å². The summed E-state index contributed by atoms with van der Waals surface area (Å²) in [7, 11) is 0. The van der Waals surface area contributed by atoms with Gasteiger partial charge < -0.3 is 4.98 Å². The molecule has 0 spiro atoms. The molecule has 1 aromatic heterocycles. The summed E-state index contributed by atoms with van der Waals surface area (Å²) in [5.74, 6) is -1.10. The van der Waals surface area contributed by atoms with E-state index in [-0.39, 0.29) is 24.7 Å². The molecule has 3 rings (SSSR count). The van der Waals surface area contributed by atoms with E-state index in [0.717, 1.165) is 16.5 Å². The van der Waals surface area contributed by atoms with Gasteiger partial charge in [-0.05, 0) is 45.3 Å². The highest BCUT2D eigenvalue weighted by molar-refractivity contribution is 9.10. The summed E-state index contributed by atoms with van der Waals surface area (Å²) < 4.78 is 13.5. The third-order valence-corrected chi connectivity index (χ3v) is 4.32. The van der Waals surface area contributed by atoms with Crippen molar-refractivity contribution in [3.8, 4) is 0 Å². The summed E-state index contributed by atoms with van der Waals surface area (Å²) in [6.07, 6.45) is 1.96. The number of benzene rings is 2. The molecule has 0 aliphatic carbocycles. The number of carbonyl (C=O) groups excluding carboxylic acids is 2. The fourth-order valence-electron chi connectivity index (χ4n) is 2.51. The molecule has 0 atom stereocenters. The summed E-state index contributed by atoms with van der Waals surface area (Å²) in [5.41, 5.74) is 7.20. The Morgan fingerprint density at radius 3 is 2.52 bits per heavy atom. The van der Waals surface area contributed by atoms with Crippen LogP contribution in [0.25, 0.3) is 10.9 Å². The fourth-order valence-corrected chi connectivity index (χ4v) is 2.94. The molecule has 0 radical (unpaired) electrons. The van der Waals surface area contributed by atoms with E-state index >= 15 is 0 Å². The number of H-pyrrole nitrogens is 1. The van der Waals surface area contributed by atoms with Crippen LogP contribution in [-0.2, 0) is 22.4 Å². The monoisotopic (exact) mass is 403 g/mol. The molecule has 0 saturated carbocycles. The number of hydrogen-bond acceptors (Lipinski definition) is 2. The van der Waals surface area contributed by atoms with Crippen LogP contribution in [0, 0.1) is 5.82 Å². The number of amides is 2. The van der Waals surface area contributed by atoms with Gasteiger partial charge in [-0.2, -0.15) is 0 Å². The minimum absolute atomic E-state index is 0.0340. The first-order valence-corrected chi connectivity index (χ1v) is 8.39. The predicted octanol–water partition coefficient (Wildman–Crippen LogP) is 3.00. The lowest BCUT2D eigenvalue weighted by molar-refractivity contribution is -0.128. The molecule has 0 fully saturated rings. The van der Waals surface area contributed by atoms with Crippen molar-refractivity contribution in [2.75, 3.05) is 0 Å². The van der Waals surface area contributed by atoms with Crippen LogP contribution in [0.15, 0.2) is 53.1 Å². The quantitative estimate of drug-likeness (QED) is 0.585. The van der Waals surface area contributed by atoms with E-state index in [1.165, 1.54) is 18.2 Å². The number of hydrogen-bond donors (Lipinski definition) is 3. The number of hydrazine groups is 1. The Kier molecular flexibility index (Phi) is 5.14. The molecular weight excluding hydrogens is 389 g/mol. The molecule has 3 N–H and O–H groups in total. The average molecular weight is 404 g/mol. The number of fused-ring (bicyclic) bond motifs is 1. The Morgan fingerprint density at radius 1 is 1.04 bits per heavy atom. The van der Waals surface area contributed by atoms with Crippen molar-refractivity contribution in [1.82, 2.24) is 15.8 Å². The Bertz CT molecular complexity index is 939. The van der Waals surface area contributed by atoms with Gasteiger partial charge in [0, 0.05) is 17.1 Å². The molecule has 128 valence electrons. The summed E-state index contributed by atoms with van der Waals surface area (Å²) in [4.78, 5) is 27.0. The van der Waals surface area contributed by atoms with Gasteiger partial charge in [-0.15, -0.1) is 0 Å². The molecular formula is C18H15BrFN3O2. The predicted molar refractivity (Wildman–Crippen MR) is 96.1 cm³/mol. The van der Waals surface area contributed by atoms with Crippen LogP contribution in [0.2, 0.25) is 0 Å². The topological polar surface area (TPSA) is 74.0 Å². The van der Waals surface area contributed by atoms with Crippen LogP contribution in [0.3, 0.4) is 0 Å². The molecule has 0 aliphatic rings. The van der Waals surface area contributed by atoms with E-state index in [4.69, 9.17) is 0 Å². The molecule has 0 saturated heterocycles. The lowest BCUT2D eigenvalue weighted by Gasteiger charge is -2.07. The lowest BCUT2D eigenvalue weighted by Crippen LogP contribution is -2.43. The van der Waals surface area contributed by atoms with Gasteiger partial charge in [0.15, 0.2) is 0 Å². The number of aromatic amines is 1. The van der Waals surface area contributed by atoms with E-state index in [2.05, 4.69) is 31.8 Å². The molecule has 7 heteroatoms. The molecule has 2 amide bonds. The van der Waals surface area contributed by atoms with Gasteiger partial charge >= 0.3 is 0 Å². The SMILES string of the molecule is O=C(Cc1ccc(F)c(Br)c1)NNC(=O)Cc1c[nH]c2ccccc12. The van der Waals surface area contributed by atoms with Crippen molar-refractivity contribution in [1.29, 1.82) is 0 Å². The van der Waals surface area contributed by atoms with Gasteiger partial charge in [-0.3, -0.25) is 20.4 Å². The van der Waals surface area contributed by atoms with Gasteiger partial charge in [0.1, 0.15) is 5.82 Å². The van der Waals surface area contributed by atoms with E-state index in [1.54, 1.807) is 6.20 Å². The number of para-hydroxylation sites is 1. The maximum absolute atomic E-state index is 13.2. The Morgan fingerprint density at radius 2 is 1.76 bits per heavy atom. The highest BCUT2D eigenvalue weighted by Gasteiger charge is 2.10. The zero-order valence-corrected chi connectivity index (χ0v) is 14.7. The van der Waals surface area contributed by atoms with Gasteiger partial charge in [-0.1, -0.05) is 24.3 Å². The second-order valence-electron chi connectivity index (χ2n) is 5.56. The zero-order valence-electron chi connectivity index (χ0n) is 13.1. The molecule has 25 heavy (non-hydrogen) atoms. The van der Waals surface area contributed by atoms with E-state index in [1.807, 2.05) is 24.3 Å². The summed E-state index contributed by atoms with van der Waals surface area (Å²) in [5, 5.41) is 0.972. The van der Waals surface area contributed by atoms with Gasteiger partial charge in [0.05, 0.1) is 17.3 Å². The first kappa shape index (κ1) is 17.2. The highest BCUT2D eigenvalue weighted by Crippen LogP contribution is 2.18. The van der Waals surface area contributed by atoms with Crippen molar-refractivity contribution in [2.24, 2.45) is 0 Å². The third-order valence-electron chi connectivity index (χ3n) is 3.72. The number of nitrogens with one attached hydrogen (secondary N) is 3. The minimum atomic E-state index is -0.392. The maximum Gasteiger partial charge on any atom is 0.242 e. The molecule has 2 aromatic carbocycles. The number of carbonyl (C=O) groups is 2. The van der Waals surface area contributed by atoms with Crippen molar-refractivity contribution < 1.29 is 14.0 Å². The molecule has 3 aromatic rings. The van der Waals surface area contributed by atoms with Gasteiger partial charge in [0.2, 0.25) is 11.8 Å². The van der Waals surface area contributed by atoms with Crippen molar-refractivity contribution >= 4 is 38.6 Å². The van der Waals surface area contributed by atoms with Crippen LogP contribution < -0.4 is 10.9 Å². The van der Waals surface area contributed by atoms with Crippen LogP contribution in [0.5, 0.6) is 0 Å². The second kappa shape index (κ2) is 7.48. The number of aromatic nitrogens is 1. The van der Waals surface area contributed by atoms with Gasteiger partial charge in [0.25, 0.3) is 0 Å². The molecule has 5 nitrogen and oxygen atoms in total. The van der Waals surface area contributed by atoms with Crippen molar-refractivity contribution in [3.63, 3.8) is 0 Å². The number of rotatable bonds is 4. The van der Waals surface area contributed by atoms with Crippen LogP contribution in [0.1, 0.15) is 11.1 Å². The normalized spacial score (nSPS) is 10.6. The molecule has 0 aliphatic heterocycles. The molecule has 0 bridgehead atoms. The third kappa shape index (κ3) is 4.24. The summed E-state index contributed by atoms with van der Waals surface area (Å²) >= 11 is 3.07. The first-order chi connectivity index (χ1) is 12.0. The van der Waals surface area contributed by atoms with Crippen LogP contribution >= 0.6 is 15.9 Å². The van der Waals surface area contributed by atoms with E-state index in [9.17, 15) is 14.0 Å². The Labute approximate surface area is 151 Å². The van der Waals surface area contributed by atoms with E-state index < -0.39 is 5.82 Å². The minimum Gasteiger partial charge on any atom is -0.361 e. The lowest BCUT2D eigenvalue weighted by atomic mass is 10.1. The molecule has 0 unspecified atom stereocenters. The highest BCUT2D eigenvalue weighted by atomic mass is 79.9. The van der Waals surface area contributed by atoms with Gasteiger partial charge in [-0.25, -0.2) is 4.39 Å². The smallest absolute Gasteiger partial charge is 0.242 e. The fraction of sp³-hybridized carbons (Fsp3) is 0.111. The van der Waals surface area contributed by atoms with Crippen molar-refractivity contribution in [2.45, 2.75) is 12.8 Å². The summed E-state index contributed by atoms with van der Waals surface area (Å²) in [6, 6.07) is 12.0. The molecule has 1 heterocycles.